The van der Waals surface area contributed by atoms with E-state index in [0.29, 0.717) is 0 Å². The predicted octanol–water partition coefficient (Wildman–Crippen LogP) is 4.22. The van der Waals surface area contributed by atoms with Gasteiger partial charge in [0.25, 0.3) is 0 Å². The number of nitrogens with zero attached hydrogens (tertiary/aromatic N) is 2. The summed E-state index contributed by atoms with van der Waals surface area (Å²) < 4.78 is 99.8. The van der Waals surface area contributed by atoms with Crippen LogP contribution in [0.4, 0.5) is 30.4 Å². The van der Waals surface area contributed by atoms with Crippen LogP contribution >= 0.6 is 0 Å². The number of halogens is 7. The molecule has 0 aromatic heterocycles. The fraction of sp³-hybridized carbons (Fsp3) is 0.529. The third-order valence-electron chi connectivity index (χ3n) is 2.78. The van der Waals surface area contributed by atoms with Crippen molar-refractivity contribution in [3.63, 3.8) is 0 Å². The van der Waals surface area contributed by atoms with Crippen molar-refractivity contribution in [3.8, 4) is 0 Å². The molecule has 0 saturated heterocycles. The van der Waals surface area contributed by atoms with Crippen molar-refractivity contribution in [1.29, 1.82) is 0 Å². The summed E-state index contributed by atoms with van der Waals surface area (Å²) in [5.74, 6) is 0. The van der Waals surface area contributed by atoms with Crippen molar-refractivity contribution in [1.82, 2.24) is 0 Å². The van der Waals surface area contributed by atoms with E-state index < -0.39 is 22.9 Å². The summed E-state index contributed by atoms with van der Waals surface area (Å²) in [5.41, 5.74) is -5.65. The minimum absolute atomic E-state index is 0.951. The number of hydrogen-bond donors (Lipinski definition) is 0. The van der Waals surface area contributed by atoms with Gasteiger partial charge in [-0.15, -0.1) is 0 Å². The Morgan fingerprint density at radius 2 is 0.871 bits per heavy atom. The molecule has 0 aliphatic rings. The smallest absolute Gasteiger partial charge is 0.673 e. The van der Waals surface area contributed by atoms with E-state index in [1.165, 1.54) is 0 Å². The molecule has 0 unspecified atom stereocenters. The quantitative estimate of drug-likeness (QED) is 0.128. The van der Waals surface area contributed by atoms with Gasteiger partial charge in [0.1, 0.15) is 0 Å². The molecule has 0 saturated carbocycles. The monoisotopic (exact) mass is 488 g/mol. The summed E-state index contributed by atoms with van der Waals surface area (Å²) >= 11 is 0. The first-order valence-electron chi connectivity index (χ1n) is 8.46. The van der Waals surface area contributed by atoms with E-state index in [9.17, 15) is 30.4 Å². The highest BCUT2D eigenvalue weighted by Crippen LogP contribution is 2.20. The van der Waals surface area contributed by atoms with E-state index in [4.69, 9.17) is 13.0 Å². The summed E-state index contributed by atoms with van der Waals surface area (Å²) in [6.07, 6.45) is 7.74. The molecular formula is C17H32BF7N2O3S. The van der Waals surface area contributed by atoms with Crippen molar-refractivity contribution in [2.45, 2.75) is 5.51 Å². The molecule has 0 fully saturated rings. The van der Waals surface area contributed by atoms with E-state index in [-0.39, 0.29) is 0 Å². The molecule has 0 bridgehead atoms. The molecule has 0 rings (SSSR count). The molecule has 0 aliphatic carbocycles. The lowest BCUT2D eigenvalue weighted by molar-refractivity contribution is -0.878. The SMILES string of the molecule is C=CC[N+](C)(C)CC=C.C=CC[N+](C)(C)CC=C.F[B-](F)(F)F.O=S(=O)([O-])C(F)(F)F. The average molecular weight is 488 g/mol. The first-order valence-corrected chi connectivity index (χ1v) is 9.87. The van der Waals surface area contributed by atoms with Crippen LogP contribution in [-0.2, 0) is 10.1 Å². The number of hydrogen-bond acceptors (Lipinski definition) is 3. The van der Waals surface area contributed by atoms with Crippen molar-refractivity contribution in [3.05, 3.63) is 50.6 Å². The molecule has 0 aromatic carbocycles. The highest BCUT2D eigenvalue weighted by molar-refractivity contribution is 7.86. The molecule has 0 amide bonds. The third-order valence-corrected chi connectivity index (χ3v) is 3.34. The molecular weight excluding hydrogens is 456 g/mol. The zero-order chi connectivity index (χ0) is 26.2. The van der Waals surface area contributed by atoms with Crippen LogP contribution in [0, 0.1) is 0 Å². The largest absolute Gasteiger partial charge is 0.741 e. The lowest BCUT2D eigenvalue weighted by Crippen LogP contribution is -2.39. The van der Waals surface area contributed by atoms with Crippen LogP contribution in [0.15, 0.2) is 50.6 Å². The van der Waals surface area contributed by atoms with Crippen molar-refractivity contribution < 1.29 is 52.4 Å². The molecule has 0 aliphatic heterocycles. The zero-order valence-corrected chi connectivity index (χ0v) is 19.0. The van der Waals surface area contributed by atoms with E-state index in [1.54, 1.807) is 0 Å². The van der Waals surface area contributed by atoms with E-state index in [2.05, 4.69) is 54.5 Å². The van der Waals surface area contributed by atoms with E-state index in [1.807, 2.05) is 24.3 Å². The van der Waals surface area contributed by atoms with Crippen LogP contribution in [0.3, 0.4) is 0 Å². The van der Waals surface area contributed by atoms with Crippen molar-refractivity contribution in [2.24, 2.45) is 0 Å². The summed E-state index contributed by atoms with van der Waals surface area (Å²) in [6, 6.07) is 0. The second-order valence-electron chi connectivity index (χ2n) is 7.15. The van der Waals surface area contributed by atoms with Crippen LogP contribution in [-0.4, -0.2) is 89.1 Å². The Kier molecular flexibility index (Phi) is 19.0. The van der Waals surface area contributed by atoms with Gasteiger partial charge >= 0.3 is 12.8 Å². The molecule has 5 nitrogen and oxygen atoms in total. The Morgan fingerprint density at radius 1 is 0.742 bits per heavy atom. The number of quaternary nitrogens is 2. The van der Waals surface area contributed by atoms with Crippen LogP contribution < -0.4 is 0 Å². The Balaban J connectivity index is -0.000000160. The molecule has 0 radical (unpaired) electrons. The molecule has 0 spiro atoms. The van der Waals surface area contributed by atoms with Crippen molar-refractivity contribution >= 4 is 17.4 Å². The van der Waals surface area contributed by atoms with E-state index >= 15 is 0 Å². The maximum atomic E-state index is 10.7. The highest BCUT2D eigenvalue weighted by Gasteiger charge is 2.36. The van der Waals surface area contributed by atoms with Crippen LogP contribution in [0.1, 0.15) is 0 Å². The fourth-order valence-electron chi connectivity index (χ4n) is 1.55. The topological polar surface area (TPSA) is 57.2 Å². The Labute approximate surface area is 180 Å². The Bertz CT molecular complexity index is 575. The molecule has 186 valence electrons. The van der Waals surface area contributed by atoms with Gasteiger partial charge < -0.3 is 30.8 Å². The number of rotatable bonds is 8. The van der Waals surface area contributed by atoms with Gasteiger partial charge in [0.05, 0.1) is 54.4 Å². The molecule has 31 heavy (non-hydrogen) atoms. The fourth-order valence-corrected chi connectivity index (χ4v) is 1.55. The summed E-state index contributed by atoms with van der Waals surface area (Å²) in [4.78, 5) is 0. The second-order valence-corrected chi connectivity index (χ2v) is 8.52. The van der Waals surface area contributed by atoms with Gasteiger partial charge in [0, 0.05) is 0 Å². The first kappa shape index (κ1) is 36.7. The molecule has 0 heterocycles. The Morgan fingerprint density at radius 3 is 0.935 bits per heavy atom. The summed E-state index contributed by atoms with van der Waals surface area (Å²) in [7, 11) is -3.47. The van der Waals surface area contributed by atoms with Gasteiger partial charge in [-0.05, 0) is 24.3 Å². The second kappa shape index (κ2) is 16.1. The number of likely N-dealkylation sites (N-methyl/N-ethyl adjacent to an activating group) is 2. The Hall–Kier alpha value is -1.64. The third kappa shape index (κ3) is 36.1. The maximum absolute atomic E-state index is 10.7. The van der Waals surface area contributed by atoms with Gasteiger partial charge in [-0.3, -0.25) is 0 Å². The molecule has 14 heteroatoms. The average Bonchev–Trinajstić information content (AvgIpc) is 2.44. The lowest BCUT2D eigenvalue weighted by atomic mass is 10.3. The summed E-state index contributed by atoms with van der Waals surface area (Å²) in [6.45, 7) is 18.7. The van der Waals surface area contributed by atoms with Crippen molar-refractivity contribution in [2.75, 3.05) is 54.4 Å². The van der Waals surface area contributed by atoms with E-state index in [0.717, 1.165) is 35.1 Å². The first-order chi connectivity index (χ1) is 13.5. The summed E-state index contributed by atoms with van der Waals surface area (Å²) in [5, 5.41) is 0. The van der Waals surface area contributed by atoms with Crippen LogP contribution in [0.2, 0.25) is 0 Å². The molecule has 0 aromatic rings. The van der Waals surface area contributed by atoms with Gasteiger partial charge in [-0.2, -0.15) is 13.2 Å². The zero-order valence-electron chi connectivity index (χ0n) is 18.2. The predicted molar refractivity (Wildman–Crippen MR) is 110 cm³/mol. The normalized spacial score (nSPS) is 11.9. The van der Waals surface area contributed by atoms with Gasteiger partial charge in [-0.1, -0.05) is 26.3 Å². The standard InChI is InChI=1S/2C8H16N.CHF3O3S.BF4/c2*1-5-7-9(3,4)8-6-2;2-1(3,4)8(5,6)7;2-1(3,4)5/h2*5-6H,1-2,7-8H2,3-4H3;(H,5,6,7);/q2*+1;;-1/p-1. The highest BCUT2D eigenvalue weighted by atomic mass is 32.2. The maximum Gasteiger partial charge on any atom is 0.673 e. The van der Waals surface area contributed by atoms with Gasteiger partial charge in [-0.25, -0.2) is 8.42 Å². The van der Waals surface area contributed by atoms with Crippen LogP contribution in [0.5, 0.6) is 0 Å². The van der Waals surface area contributed by atoms with Gasteiger partial charge in [0.2, 0.25) is 0 Å². The minimum atomic E-state index is -6.09. The minimum Gasteiger partial charge on any atom is -0.741 e. The molecule has 0 N–H and O–H groups in total. The van der Waals surface area contributed by atoms with Gasteiger partial charge in [0.15, 0.2) is 10.1 Å². The lowest BCUT2D eigenvalue weighted by Gasteiger charge is -2.26. The molecule has 0 atom stereocenters. The van der Waals surface area contributed by atoms with Crippen LogP contribution in [0.25, 0.3) is 0 Å². The number of alkyl halides is 3.